The first kappa shape index (κ1) is 22.4. The first-order chi connectivity index (χ1) is 15.6. The fraction of sp³-hybridized carbons (Fsp3) is 0.143. The molecule has 12 heteroatoms. The Bertz CT molecular complexity index is 1310. The molecule has 2 aromatic heterocycles. The fourth-order valence-electron chi connectivity index (χ4n) is 3.28. The molecule has 0 atom stereocenters. The summed E-state index contributed by atoms with van der Waals surface area (Å²) >= 11 is 0. The van der Waals surface area contributed by atoms with E-state index in [0.29, 0.717) is 29.1 Å². The van der Waals surface area contributed by atoms with Crippen molar-refractivity contribution in [2.75, 3.05) is 11.4 Å². The Morgan fingerprint density at radius 1 is 0.909 bits per heavy atom. The second kappa shape index (κ2) is 8.28. The number of carbonyl (C=O) groups is 2. The van der Waals surface area contributed by atoms with Crippen LogP contribution in [0.3, 0.4) is 0 Å². The molecule has 1 aliphatic rings. The molecule has 1 fully saturated rings. The lowest BCUT2D eigenvalue weighted by molar-refractivity contribution is -0.116. The number of alkyl halides is 3. The molecule has 3 amide bonds. The van der Waals surface area contributed by atoms with E-state index in [9.17, 15) is 31.2 Å². The van der Waals surface area contributed by atoms with Crippen LogP contribution < -0.4 is 4.90 Å². The summed E-state index contributed by atoms with van der Waals surface area (Å²) < 4.78 is 61.2. The summed E-state index contributed by atoms with van der Waals surface area (Å²) in [6.07, 6.45) is 3.18. The summed E-state index contributed by atoms with van der Waals surface area (Å²) in [7, 11) is -5.53. The van der Waals surface area contributed by atoms with Gasteiger partial charge in [0.25, 0.3) is 15.7 Å². The molecule has 0 spiro atoms. The van der Waals surface area contributed by atoms with Crippen molar-refractivity contribution in [1.29, 1.82) is 0 Å². The zero-order chi connectivity index (χ0) is 23.8. The van der Waals surface area contributed by atoms with Gasteiger partial charge in [0.1, 0.15) is 6.54 Å². The lowest BCUT2D eigenvalue weighted by Gasteiger charge is -2.18. The maximum absolute atomic E-state index is 12.8. The number of pyridine rings is 2. The van der Waals surface area contributed by atoms with Gasteiger partial charge in [0, 0.05) is 18.9 Å². The number of amides is 3. The summed E-state index contributed by atoms with van der Waals surface area (Å²) in [5.74, 6) is -0.592. The van der Waals surface area contributed by atoms with E-state index in [4.69, 9.17) is 0 Å². The quantitative estimate of drug-likeness (QED) is 0.524. The van der Waals surface area contributed by atoms with E-state index in [2.05, 4.69) is 9.97 Å². The second-order valence-corrected chi connectivity index (χ2v) is 9.02. The molecule has 0 aliphatic carbocycles. The van der Waals surface area contributed by atoms with Crippen molar-refractivity contribution in [2.24, 2.45) is 0 Å². The Morgan fingerprint density at radius 2 is 1.61 bits per heavy atom. The number of nitrogens with zero attached hydrogens (tertiary/aromatic N) is 4. The largest absolute Gasteiger partial charge is 0.501 e. The van der Waals surface area contributed by atoms with Crippen LogP contribution in [-0.4, -0.2) is 47.3 Å². The minimum absolute atomic E-state index is 0.0301. The predicted octanol–water partition coefficient (Wildman–Crippen LogP) is 3.41. The van der Waals surface area contributed by atoms with E-state index >= 15 is 0 Å². The molecule has 0 saturated carbocycles. The van der Waals surface area contributed by atoms with Crippen molar-refractivity contribution in [3.05, 3.63) is 72.6 Å². The van der Waals surface area contributed by atoms with Crippen LogP contribution in [0.4, 0.5) is 23.7 Å². The molecule has 1 aromatic carbocycles. The van der Waals surface area contributed by atoms with E-state index in [-0.39, 0.29) is 18.8 Å². The van der Waals surface area contributed by atoms with Crippen molar-refractivity contribution in [3.8, 4) is 11.4 Å². The Hall–Kier alpha value is -3.80. The van der Waals surface area contributed by atoms with Crippen molar-refractivity contribution in [3.63, 3.8) is 0 Å². The molecule has 1 saturated heterocycles. The highest BCUT2D eigenvalue weighted by Crippen LogP contribution is 2.32. The first-order valence-electron chi connectivity index (χ1n) is 9.47. The number of anilines is 1. The third-order valence-electron chi connectivity index (χ3n) is 4.87. The van der Waals surface area contributed by atoms with Crippen LogP contribution in [0.5, 0.6) is 0 Å². The Labute approximate surface area is 186 Å². The van der Waals surface area contributed by atoms with E-state index < -0.39 is 32.2 Å². The van der Waals surface area contributed by atoms with E-state index in [1.54, 1.807) is 36.7 Å². The van der Waals surface area contributed by atoms with Crippen molar-refractivity contribution < 1.29 is 31.2 Å². The van der Waals surface area contributed by atoms with E-state index in [1.807, 2.05) is 6.07 Å². The molecule has 3 heterocycles. The summed E-state index contributed by atoms with van der Waals surface area (Å²) in [4.78, 5) is 34.8. The number of hydrogen-bond acceptors (Lipinski definition) is 6. The number of sulfone groups is 1. The highest BCUT2D eigenvalue weighted by molar-refractivity contribution is 7.92. The first-order valence-corrected chi connectivity index (χ1v) is 11.0. The molecule has 0 bridgehead atoms. The van der Waals surface area contributed by atoms with Crippen molar-refractivity contribution in [1.82, 2.24) is 14.9 Å². The zero-order valence-electron chi connectivity index (χ0n) is 16.7. The number of aromatic nitrogens is 2. The van der Waals surface area contributed by atoms with Crippen LogP contribution in [0, 0.1) is 0 Å². The van der Waals surface area contributed by atoms with Crippen molar-refractivity contribution >= 4 is 27.5 Å². The van der Waals surface area contributed by atoms with E-state index in [1.165, 1.54) is 4.90 Å². The van der Waals surface area contributed by atoms with Crippen LogP contribution in [0.1, 0.15) is 5.56 Å². The van der Waals surface area contributed by atoms with Gasteiger partial charge in [-0.15, -0.1) is 0 Å². The van der Waals surface area contributed by atoms with Crippen LogP contribution in [0.25, 0.3) is 11.4 Å². The number of imide groups is 1. The number of rotatable bonds is 5. The molecule has 33 heavy (non-hydrogen) atoms. The Kier molecular flexibility index (Phi) is 5.62. The average molecular weight is 476 g/mol. The SMILES string of the molecule is O=C1CN(Cc2ccnc(-c3ccccn3)c2)C(=O)N1c1ccc(S(=O)(=O)C(F)(F)F)cc1. The molecule has 3 aromatic rings. The highest BCUT2D eigenvalue weighted by Gasteiger charge is 2.47. The number of hydrogen-bond donors (Lipinski definition) is 0. The van der Waals surface area contributed by atoms with E-state index in [0.717, 1.165) is 17.0 Å². The predicted molar refractivity (Wildman–Crippen MR) is 110 cm³/mol. The van der Waals surface area contributed by atoms with Gasteiger partial charge in [-0.05, 0) is 54.1 Å². The van der Waals surface area contributed by atoms with Gasteiger partial charge in [-0.3, -0.25) is 14.8 Å². The summed E-state index contributed by atoms with van der Waals surface area (Å²) in [5.41, 5.74) is -3.57. The van der Waals surface area contributed by atoms with Crippen LogP contribution in [-0.2, 0) is 21.2 Å². The normalized spacial score (nSPS) is 14.8. The summed E-state index contributed by atoms with van der Waals surface area (Å²) in [5, 5.41) is 0. The third-order valence-corrected chi connectivity index (χ3v) is 6.37. The Morgan fingerprint density at radius 3 is 2.24 bits per heavy atom. The fourth-order valence-corrected chi connectivity index (χ4v) is 4.04. The van der Waals surface area contributed by atoms with Gasteiger partial charge in [0.15, 0.2) is 0 Å². The number of benzene rings is 1. The molecule has 0 radical (unpaired) electrons. The topological polar surface area (TPSA) is 101 Å². The maximum atomic E-state index is 12.8. The molecular formula is C21H15F3N4O4S. The molecule has 0 N–H and O–H groups in total. The number of urea groups is 1. The molecule has 8 nitrogen and oxygen atoms in total. The summed E-state index contributed by atoms with van der Waals surface area (Å²) in [6.45, 7) is -0.160. The molecule has 0 unspecified atom stereocenters. The van der Waals surface area contributed by atoms with Gasteiger partial charge in [-0.2, -0.15) is 13.2 Å². The zero-order valence-corrected chi connectivity index (χ0v) is 17.5. The second-order valence-electron chi connectivity index (χ2n) is 7.08. The van der Waals surface area contributed by atoms with Crippen LogP contribution in [0.15, 0.2) is 71.9 Å². The third kappa shape index (κ3) is 4.29. The number of carbonyl (C=O) groups excluding carboxylic acids is 2. The minimum atomic E-state index is -5.53. The lowest BCUT2D eigenvalue weighted by atomic mass is 10.1. The highest BCUT2D eigenvalue weighted by atomic mass is 32.2. The van der Waals surface area contributed by atoms with Crippen LogP contribution >= 0.6 is 0 Å². The van der Waals surface area contributed by atoms with Gasteiger partial charge in [-0.1, -0.05) is 6.07 Å². The van der Waals surface area contributed by atoms with Gasteiger partial charge >= 0.3 is 11.5 Å². The average Bonchev–Trinajstić information content (AvgIpc) is 3.06. The van der Waals surface area contributed by atoms with Gasteiger partial charge in [0.05, 0.1) is 22.0 Å². The monoisotopic (exact) mass is 476 g/mol. The van der Waals surface area contributed by atoms with Crippen LogP contribution in [0.2, 0.25) is 0 Å². The van der Waals surface area contributed by atoms with Gasteiger partial charge < -0.3 is 4.90 Å². The standard InChI is InChI=1S/C21H15F3N4O4S/c22-21(23,24)33(31,32)16-6-4-15(5-7-16)28-19(29)13-27(20(28)30)12-14-8-10-26-18(11-14)17-3-1-2-9-25-17/h1-11H,12-13H2. The molecule has 4 rings (SSSR count). The minimum Gasteiger partial charge on any atom is -0.310 e. The Balaban J connectivity index is 1.53. The molecule has 1 aliphatic heterocycles. The lowest BCUT2D eigenvalue weighted by Crippen LogP contribution is -2.32. The number of halogens is 3. The molecular weight excluding hydrogens is 461 g/mol. The van der Waals surface area contributed by atoms with Gasteiger partial charge in [-0.25, -0.2) is 18.1 Å². The van der Waals surface area contributed by atoms with Crippen molar-refractivity contribution in [2.45, 2.75) is 16.9 Å². The molecule has 170 valence electrons. The smallest absolute Gasteiger partial charge is 0.310 e. The summed E-state index contributed by atoms with van der Waals surface area (Å²) in [6, 6.07) is 11.5. The maximum Gasteiger partial charge on any atom is 0.501 e. The van der Waals surface area contributed by atoms with Gasteiger partial charge in [0.2, 0.25) is 0 Å².